The lowest BCUT2D eigenvalue weighted by molar-refractivity contribution is -0.137. The summed E-state index contributed by atoms with van der Waals surface area (Å²) >= 11 is 0. The quantitative estimate of drug-likeness (QED) is 0.677. The Morgan fingerprint density at radius 1 is 1.11 bits per heavy atom. The van der Waals surface area contributed by atoms with Crippen molar-refractivity contribution in [1.29, 1.82) is 0 Å². The van der Waals surface area contributed by atoms with Gasteiger partial charge >= 0.3 is 12.0 Å². The number of piperazine rings is 1. The van der Waals surface area contributed by atoms with E-state index in [9.17, 15) is 9.59 Å². The van der Waals surface area contributed by atoms with Crippen LogP contribution < -0.4 is 5.32 Å². The first-order valence-electron chi connectivity index (χ1n) is 7.10. The number of unbranched alkanes of at least 4 members (excludes halogenated alkanes) is 2. The number of amides is 2. The first-order valence-corrected chi connectivity index (χ1v) is 7.10. The van der Waals surface area contributed by atoms with Gasteiger partial charge in [0.1, 0.15) is 0 Å². The molecule has 1 saturated heterocycles. The minimum absolute atomic E-state index is 0.00832. The van der Waals surface area contributed by atoms with Gasteiger partial charge in [-0.3, -0.25) is 4.79 Å². The second-order valence-corrected chi connectivity index (χ2v) is 4.86. The molecule has 1 heterocycles. The van der Waals surface area contributed by atoms with Crippen LogP contribution in [-0.4, -0.2) is 66.2 Å². The normalized spacial score (nSPS) is 16.4. The Hall–Kier alpha value is -1.30. The van der Waals surface area contributed by atoms with E-state index in [0.717, 1.165) is 45.6 Å². The molecule has 0 spiro atoms. The van der Waals surface area contributed by atoms with Gasteiger partial charge in [-0.15, -0.1) is 0 Å². The summed E-state index contributed by atoms with van der Waals surface area (Å²) in [4.78, 5) is 26.3. The first kappa shape index (κ1) is 15.8. The molecule has 1 aliphatic heterocycles. The molecule has 2 amide bonds. The largest absolute Gasteiger partial charge is 0.481 e. The van der Waals surface area contributed by atoms with E-state index in [-0.39, 0.29) is 12.5 Å². The summed E-state index contributed by atoms with van der Waals surface area (Å²) < 4.78 is 0. The van der Waals surface area contributed by atoms with Crippen molar-refractivity contribution in [2.45, 2.75) is 32.6 Å². The lowest BCUT2D eigenvalue weighted by Crippen LogP contribution is -2.51. The fourth-order valence-corrected chi connectivity index (χ4v) is 2.15. The number of carboxylic acid groups (broad SMARTS) is 1. The highest BCUT2D eigenvalue weighted by Crippen LogP contribution is 2.02. The van der Waals surface area contributed by atoms with Crippen molar-refractivity contribution >= 4 is 12.0 Å². The summed E-state index contributed by atoms with van der Waals surface area (Å²) in [5.74, 6) is -0.752. The Balaban J connectivity index is 2.03. The van der Waals surface area contributed by atoms with E-state index in [4.69, 9.17) is 5.11 Å². The number of likely N-dealkylation sites (N-methyl/N-ethyl adjacent to an activating group) is 1. The molecule has 6 heteroatoms. The Morgan fingerprint density at radius 3 is 2.37 bits per heavy atom. The summed E-state index contributed by atoms with van der Waals surface area (Å²) in [5.41, 5.74) is 0. The maximum Gasteiger partial charge on any atom is 0.317 e. The number of carbonyl (C=O) groups is 2. The predicted molar refractivity (Wildman–Crippen MR) is 73.2 cm³/mol. The highest BCUT2D eigenvalue weighted by atomic mass is 16.4. The molecule has 19 heavy (non-hydrogen) atoms. The molecule has 0 saturated carbocycles. The van der Waals surface area contributed by atoms with Crippen LogP contribution in [-0.2, 0) is 4.79 Å². The van der Waals surface area contributed by atoms with Crippen LogP contribution >= 0.6 is 0 Å². The van der Waals surface area contributed by atoms with Gasteiger partial charge in [0, 0.05) is 39.1 Å². The lowest BCUT2D eigenvalue weighted by atomic mass is 10.2. The standard InChI is InChI=1S/C13H25N3O3/c1-2-15-8-10-16(11-9-15)13(19)14-7-5-3-4-6-12(17)18/h2-11H2,1H3,(H,14,19)(H,17,18). The third kappa shape index (κ3) is 6.42. The molecule has 1 rings (SSSR count). The van der Waals surface area contributed by atoms with E-state index in [1.54, 1.807) is 0 Å². The highest BCUT2D eigenvalue weighted by molar-refractivity contribution is 5.74. The van der Waals surface area contributed by atoms with Crippen LogP contribution in [0.1, 0.15) is 32.6 Å². The molecular formula is C13H25N3O3. The van der Waals surface area contributed by atoms with Crippen molar-refractivity contribution in [1.82, 2.24) is 15.1 Å². The molecule has 0 atom stereocenters. The summed E-state index contributed by atoms with van der Waals surface area (Å²) in [6.07, 6.45) is 2.58. The van der Waals surface area contributed by atoms with Crippen LogP contribution in [0, 0.1) is 0 Å². The second kappa shape index (κ2) is 8.74. The Kier molecular flexibility index (Phi) is 7.25. The number of carbonyl (C=O) groups excluding carboxylic acids is 1. The molecule has 1 aliphatic rings. The summed E-state index contributed by atoms with van der Waals surface area (Å²) in [5, 5.41) is 11.4. The average molecular weight is 271 g/mol. The van der Waals surface area contributed by atoms with Crippen molar-refractivity contribution < 1.29 is 14.7 Å². The molecule has 110 valence electrons. The number of hydrogen-bond donors (Lipinski definition) is 2. The van der Waals surface area contributed by atoms with Crippen LogP contribution in [0.15, 0.2) is 0 Å². The molecule has 0 aromatic rings. The maximum absolute atomic E-state index is 11.8. The van der Waals surface area contributed by atoms with E-state index >= 15 is 0 Å². The maximum atomic E-state index is 11.8. The average Bonchev–Trinajstić information content (AvgIpc) is 2.42. The van der Waals surface area contributed by atoms with E-state index < -0.39 is 5.97 Å². The predicted octanol–water partition coefficient (Wildman–Crippen LogP) is 0.978. The van der Waals surface area contributed by atoms with Crippen LogP contribution in [0.5, 0.6) is 0 Å². The molecule has 0 aromatic heterocycles. The first-order chi connectivity index (χ1) is 9.13. The van der Waals surface area contributed by atoms with Crippen molar-refractivity contribution in [2.75, 3.05) is 39.3 Å². The van der Waals surface area contributed by atoms with E-state index in [0.29, 0.717) is 13.0 Å². The van der Waals surface area contributed by atoms with Gasteiger partial charge in [0.05, 0.1) is 0 Å². The topological polar surface area (TPSA) is 72.9 Å². The second-order valence-electron chi connectivity index (χ2n) is 4.86. The molecule has 0 unspecified atom stereocenters. The number of urea groups is 1. The molecule has 6 nitrogen and oxygen atoms in total. The zero-order chi connectivity index (χ0) is 14.1. The summed E-state index contributed by atoms with van der Waals surface area (Å²) in [6, 6.07) is 0.00832. The fourth-order valence-electron chi connectivity index (χ4n) is 2.15. The van der Waals surface area contributed by atoms with Crippen LogP contribution in [0.3, 0.4) is 0 Å². The van der Waals surface area contributed by atoms with Crippen LogP contribution in [0.4, 0.5) is 4.79 Å². The van der Waals surface area contributed by atoms with Crippen molar-refractivity contribution in [3.63, 3.8) is 0 Å². The van der Waals surface area contributed by atoms with Gasteiger partial charge in [-0.25, -0.2) is 4.79 Å². The number of nitrogens with zero attached hydrogens (tertiary/aromatic N) is 2. The van der Waals surface area contributed by atoms with Crippen molar-refractivity contribution in [3.8, 4) is 0 Å². The number of aliphatic carboxylic acids is 1. The molecule has 0 aliphatic carbocycles. The van der Waals surface area contributed by atoms with Crippen LogP contribution in [0.25, 0.3) is 0 Å². The molecular weight excluding hydrogens is 246 g/mol. The van der Waals surface area contributed by atoms with Gasteiger partial charge in [-0.2, -0.15) is 0 Å². The molecule has 0 bridgehead atoms. The number of hydrogen-bond acceptors (Lipinski definition) is 3. The van der Waals surface area contributed by atoms with Gasteiger partial charge < -0.3 is 20.2 Å². The number of rotatable bonds is 7. The number of carboxylic acids is 1. The third-order valence-electron chi connectivity index (χ3n) is 3.45. The van der Waals surface area contributed by atoms with Gasteiger partial charge in [-0.05, 0) is 19.4 Å². The highest BCUT2D eigenvalue weighted by Gasteiger charge is 2.19. The minimum atomic E-state index is -0.752. The van der Waals surface area contributed by atoms with E-state index in [1.165, 1.54) is 0 Å². The Bertz CT molecular complexity index is 289. The monoisotopic (exact) mass is 271 g/mol. The third-order valence-corrected chi connectivity index (χ3v) is 3.45. The van der Waals surface area contributed by atoms with Crippen molar-refractivity contribution in [3.05, 3.63) is 0 Å². The van der Waals surface area contributed by atoms with E-state index in [2.05, 4.69) is 17.1 Å². The minimum Gasteiger partial charge on any atom is -0.481 e. The van der Waals surface area contributed by atoms with E-state index in [1.807, 2.05) is 4.90 Å². The van der Waals surface area contributed by atoms with Gasteiger partial charge in [0.25, 0.3) is 0 Å². The van der Waals surface area contributed by atoms with Crippen molar-refractivity contribution in [2.24, 2.45) is 0 Å². The lowest BCUT2D eigenvalue weighted by Gasteiger charge is -2.34. The van der Waals surface area contributed by atoms with Gasteiger partial charge in [-0.1, -0.05) is 13.3 Å². The molecule has 0 aromatic carbocycles. The Morgan fingerprint density at radius 2 is 1.79 bits per heavy atom. The smallest absolute Gasteiger partial charge is 0.317 e. The fraction of sp³-hybridized carbons (Fsp3) is 0.846. The number of nitrogens with one attached hydrogen (secondary N) is 1. The summed E-state index contributed by atoms with van der Waals surface area (Å²) in [7, 11) is 0. The van der Waals surface area contributed by atoms with Gasteiger partial charge in [0.15, 0.2) is 0 Å². The zero-order valence-electron chi connectivity index (χ0n) is 11.7. The molecule has 2 N–H and O–H groups in total. The Labute approximate surface area is 114 Å². The zero-order valence-corrected chi connectivity index (χ0v) is 11.7. The summed E-state index contributed by atoms with van der Waals surface area (Å²) in [6.45, 7) is 7.28. The van der Waals surface area contributed by atoms with Gasteiger partial charge in [0.2, 0.25) is 0 Å². The molecule has 1 fully saturated rings. The van der Waals surface area contributed by atoms with Crippen LogP contribution in [0.2, 0.25) is 0 Å². The molecule has 0 radical (unpaired) electrons. The SMILES string of the molecule is CCN1CCN(C(=O)NCCCCCC(=O)O)CC1.